The van der Waals surface area contributed by atoms with Gasteiger partial charge in [0, 0.05) is 24.5 Å². The molecular formula is C26H31N5O8. The summed E-state index contributed by atoms with van der Waals surface area (Å²) in [5.74, 6) is -1.51. The van der Waals surface area contributed by atoms with Crippen molar-refractivity contribution in [1.29, 1.82) is 0 Å². The van der Waals surface area contributed by atoms with Crippen molar-refractivity contribution in [3.05, 3.63) is 33.7 Å². The molecule has 2 aromatic heterocycles. The van der Waals surface area contributed by atoms with E-state index in [9.17, 15) is 24.6 Å². The molecule has 2 aliphatic heterocycles. The summed E-state index contributed by atoms with van der Waals surface area (Å²) >= 11 is 0. The fourth-order valence-corrected chi connectivity index (χ4v) is 8.25. The molecule has 2 N–H and O–H groups in total. The van der Waals surface area contributed by atoms with Gasteiger partial charge in [-0.3, -0.25) is 0 Å². The highest BCUT2D eigenvalue weighted by Crippen LogP contribution is 2.70. The lowest BCUT2D eigenvalue weighted by Gasteiger charge is -2.65. The van der Waals surface area contributed by atoms with E-state index in [1.807, 2.05) is 20.8 Å². The molecule has 13 nitrogen and oxygen atoms in total. The summed E-state index contributed by atoms with van der Waals surface area (Å²) in [4.78, 5) is 42.4. The number of aromatic nitrogens is 5. The fraction of sp³-hybridized carbons (Fsp3) is 0.692. The number of aryl methyl sites for hydroxylation is 1. The molecule has 0 aromatic carbocycles. The van der Waals surface area contributed by atoms with Crippen LogP contribution in [0.15, 0.2) is 22.3 Å². The molecule has 7 atom stereocenters. The van der Waals surface area contributed by atoms with Gasteiger partial charge in [0.05, 0.1) is 6.10 Å². The van der Waals surface area contributed by atoms with Gasteiger partial charge >= 0.3 is 17.6 Å². The number of carbonyl (C=O) groups is 2. The first-order valence-corrected chi connectivity index (χ1v) is 13.4. The Kier molecular flexibility index (Phi) is 4.79. The van der Waals surface area contributed by atoms with Gasteiger partial charge in [0.1, 0.15) is 29.7 Å². The second-order valence-electron chi connectivity index (χ2n) is 12.3. The van der Waals surface area contributed by atoms with E-state index < -0.39 is 46.1 Å². The van der Waals surface area contributed by atoms with E-state index in [4.69, 9.17) is 14.2 Å². The van der Waals surface area contributed by atoms with Crippen LogP contribution in [0.5, 0.6) is 0 Å². The van der Waals surface area contributed by atoms with Crippen molar-refractivity contribution >= 4 is 17.6 Å². The molecule has 3 aliphatic carbocycles. The van der Waals surface area contributed by atoms with Crippen LogP contribution in [-0.2, 0) is 26.1 Å². The highest BCUT2D eigenvalue weighted by atomic mass is 16.7. The number of hydrogen-bond donors (Lipinski definition) is 2. The maximum atomic E-state index is 13.6. The van der Waals surface area contributed by atoms with E-state index in [1.54, 1.807) is 0 Å². The minimum Gasteiger partial charge on any atom is -0.458 e. The molecule has 1 saturated heterocycles. The minimum absolute atomic E-state index is 0.0682. The van der Waals surface area contributed by atoms with Gasteiger partial charge in [-0.2, -0.15) is 4.68 Å². The van der Waals surface area contributed by atoms with Crippen LogP contribution in [0.2, 0.25) is 0 Å². The maximum Gasteiger partial charge on any atom is 0.361 e. The molecule has 0 bridgehead atoms. The third kappa shape index (κ3) is 2.80. The number of fused-ring (bicyclic) bond motifs is 6. The molecule has 0 radical (unpaired) electrons. The van der Waals surface area contributed by atoms with Crippen molar-refractivity contribution < 1.29 is 34.0 Å². The van der Waals surface area contributed by atoms with Crippen LogP contribution in [0.3, 0.4) is 0 Å². The lowest BCUT2D eigenvalue weighted by atomic mass is 9.43. The van der Waals surface area contributed by atoms with Crippen LogP contribution in [-0.4, -0.2) is 82.1 Å². The van der Waals surface area contributed by atoms with Crippen LogP contribution in [0.1, 0.15) is 63.4 Å². The van der Waals surface area contributed by atoms with Gasteiger partial charge in [0.2, 0.25) is 0 Å². The smallest absolute Gasteiger partial charge is 0.361 e. The molecule has 0 amide bonds. The van der Waals surface area contributed by atoms with Crippen molar-refractivity contribution in [2.24, 2.45) is 24.3 Å². The van der Waals surface area contributed by atoms with Crippen LogP contribution in [0.4, 0.5) is 0 Å². The molecule has 2 aromatic rings. The van der Waals surface area contributed by atoms with E-state index in [-0.39, 0.29) is 48.6 Å². The number of imidazole rings is 1. The Hall–Kier alpha value is -3.16. The summed E-state index contributed by atoms with van der Waals surface area (Å²) in [6.07, 6.45) is 1.21. The predicted molar refractivity (Wildman–Crippen MR) is 130 cm³/mol. The first-order valence-electron chi connectivity index (χ1n) is 13.4. The molecule has 208 valence electrons. The minimum atomic E-state index is -1.84. The van der Waals surface area contributed by atoms with Crippen LogP contribution in [0.25, 0.3) is 5.65 Å². The number of epoxide rings is 1. The first kappa shape index (κ1) is 24.9. The molecular weight excluding hydrogens is 510 g/mol. The van der Waals surface area contributed by atoms with Gasteiger partial charge in [0.25, 0.3) is 0 Å². The normalized spacial score (nSPS) is 40.6. The Labute approximate surface area is 222 Å². The second-order valence-corrected chi connectivity index (χ2v) is 12.3. The lowest BCUT2D eigenvalue weighted by molar-refractivity contribution is -0.302. The highest BCUT2D eigenvalue weighted by Gasteiger charge is 2.83. The predicted octanol–water partition coefficient (Wildman–Crippen LogP) is 0.0714. The third-order valence-corrected chi connectivity index (χ3v) is 10.5. The zero-order valence-corrected chi connectivity index (χ0v) is 22.2. The number of ether oxygens (including phenoxy) is 3. The summed E-state index contributed by atoms with van der Waals surface area (Å²) < 4.78 is 19.8. The van der Waals surface area contributed by atoms with Gasteiger partial charge in [0.15, 0.2) is 17.4 Å². The van der Waals surface area contributed by atoms with Crippen LogP contribution < -0.4 is 5.69 Å². The molecule has 3 fully saturated rings. The topological polar surface area (TPSA) is 171 Å². The van der Waals surface area contributed by atoms with Gasteiger partial charge in [-0.25, -0.2) is 23.8 Å². The Morgan fingerprint density at radius 1 is 1.26 bits per heavy atom. The average molecular weight is 542 g/mol. The Morgan fingerprint density at radius 3 is 2.77 bits per heavy atom. The summed E-state index contributed by atoms with van der Waals surface area (Å²) in [5.41, 5.74) is -4.57. The molecule has 7 rings (SSSR count). The fourth-order valence-electron chi connectivity index (χ4n) is 8.25. The van der Waals surface area contributed by atoms with Gasteiger partial charge in [-0.1, -0.05) is 26.0 Å². The average Bonchev–Trinajstić information content (AvgIpc) is 3.24. The van der Waals surface area contributed by atoms with Crippen LogP contribution in [0, 0.1) is 17.3 Å². The van der Waals surface area contributed by atoms with E-state index in [1.165, 1.54) is 13.4 Å². The summed E-state index contributed by atoms with van der Waals surface area (Å²) in [5, 5.41) is 32.8. The number of cyclic esters (lactones) is 1. The maximum absolute atomic E-state index is 13.6. The molecule has 7 unspecified atom stereocenters. The monoisotopic (exact) mass is 541 g/mol. The summed E-state index contributed by atoms with van der Waals surface area (Å²) in [6, 6.07) is 0. The van der Waals surface area contributed by atoms with Crippen molar-refractivity contribution in [2.75, 3.05) is 6.61 Å². The Balaban J connectivity index is 1.31. The van der Waals surface area contributed by atoms with E-state index >= 15 is 0 Å². The largest absolute Gasteiger partial charge is 0.458 e. The summed E-state index contributed by atoms with van der Waals surface area (Å²) in [6.45, 7) is 6.02. The third-order valence-electron chi connectivity index (χ3n) is 10.5. The molecule has 13 heteroatoms. The van der Waals surface area contributed by atoms with Crippen molar-refractivity contribution in [2.45, 2.75) is 81.9 Å². The molecule has 2 saturated carbocycles. The quantitative estimate of drug-likeness (QED) is 0.398. The molecule has 0 spiro atoms. The zero-order valence-electron chi connectivity index (χ0n) is 22.2. The van der Waals surface area contributed by atoms with Crippen molar-refractivity contribution in [1.82, 2.24) is 24.4 Å². The first-order chi connectivity index (χ1) is 18.4. The van der Waals surface area contributed by atoms with Gasteiger partial charge in [-0.05, 0) is 43.1 Å². The second kappa shape index (κ2) is 7.52. The number of hydrogen-bond acceptors (Lipinski definition) is 11. The molecule has 39 heavy (non-hydrogen) atoms. The van der Waals surface area contributed by atoms with E-state index in [0.29, 0.717) is 24.8 Å². The lowest BCUT2D eigenvalue weighted by Crippen LogP contribution is -2.78. The van der Waals surface area contributed by atoms with Gasteiger partial charge in [-0.15, -0.1) is 5.10 Å². The standard InChI is InChI=1S/C26H31N5O8/c1-12(2)26-16(39-26)9-25(36)23(3)7-5-13-14(10-37-19(13)32)15(23)6-8-24(25,35)21(26)38-20(33)17-18-28-29-30(4)22(34)31(18)11-27-17/h11-12,15-16,21,35-36H,5-10H2,1-4H3. The Bertz CT molecular complexity index is 1550. The van der Waals surface area contributed by atoms with Crippen LogP contribution >= 0.6 is 0 Å². The molecule has 4 heterocycles. The SMILES string of the molecule is CC(C)C12OC1CC1(O)C3(C)CCC4=C(COC4=O)C3CCC1(O)C2OC(=O)c1ncn2c(=O)n(C)nnc12. The summed E-state index contributed by atoms with van der Waals surface area (Å²) in [7, 11) is 1.43. The molecule has 5 aliphatic rings. The highest BCUT2D eigenvalue weighted by molar-refractivity contribution is 5.94. The van der Waals surface area contributed by atoms with Crippen molar-refractivity contribution in [3.63, 3.8) is 0 Å². The van der Waals surface area contributed by atoms with E-state index in [0.717, 1.165) is 14.7 Å². The number of aliphatic hydroxyl groups is 2. The number of esters is 2. The van der Waals surface area contributed by atoms with Crippen molar-refractivity contribution in [3.8, 4) is 0 Å². The zero-order chi connectivity index (χ0) is 27.7. The number of rotatable bonds is 3. The van der Waals surface area contributed by atoms with Gasteiger partial charge < -0.3 is 24.4 Å². The number of carbonyl (C=O) groups excluding carboxylic acids is 2. The number of nitrogens with zero attached hydrogens (tertiary/aromatic N) is 5. The van der Waals surface area contributed by atoms with E-state index in [2.05, 4.69) is 15.3 Å². The Morgan fingerprint density at radius 2 is 2.03 bits per heavy atom.